The van der Waals surface area contributed by atoms with E-state index >= 15 is 0 Å². The minimum atomic E-state index is -4.29. The van der Waals surface area contributed by atoms with E-state index in [4.69, 9.17) is 5.73 Å². The Labute approximate surface area is 95.6 Å². The van der Waals surface area contributed by atoms with Crippen LogP contribution in [0, 0.1) is 0 Å². The molecule has 0 saturated heterocycles. The predicted molar refractivity (Wildman–Crippen MR) is 55.7 cm³/mol. The second-order valence-corrected chi connectivity index (χ2v) is 3.93. The summed E-state index contributed by atoms with van der Waals surface area (Å²) in [5.74, 6) is 0. The van der Waals surface area contributed by atoms with Crippen LogP contribution in [0.25, 0.3) is 0 Å². The van der Waals surface area contributed by atoms with Crippen molar-refractivity contribution in [3.63, 3.8) is 0 Å². The van der Waals surface area contributed by atoms with E-state index in [-0.39, 0.29) is 23.5 Å². The maximum atomic E-state index is 11.8. The lowest BCUT2D eigenvalue weighted by molar-refractivity contribution is -0.152. The molecule has 1 atom stereocenters. The highest BCUT2D eigenvalue weighted by Crippen LogP contribution is 2.29. The van der Waals surface area contributed by atoms with E-state index in [1.165, 1.54) is 6.07 Å². The van der Waals surface area contributed by atoms with E-state index in [1.54, 1.807) is 13.0 Å². The first-order chi connectivity index (χ1) is 6.38. The molecule has 0 aliphatic carbocycles. The van der Waals surface area contributed by atoms with Gasteiger partial charge in [0, 0.05) is 10.9 Å². The Kier molecular flexibility index (Phi) is 5.41. The normalized spacial score (nSPS) is 13.1. The lowest BCUT2D eigenvalue weighted by Gasteiger charge is -2.06. The minimum Gasteiger partial charge on any atom is -0.475 e. The molecule has 0 aliphatic heterocycles. The Balaban J connectivity index is 0.00000196. The molecule has 1 aromatic rings. The van der Waals surface area contributed by atoms with Gasteiger partial charge in [0.05, 0.1) is 0 Å². The molecule has 0 aromatic carbocycles. The number of thiophene rings is 1. The molecule has 0 fully saturated rings. The second kappa shape index (κ2) is 5.58. The molecule has 0 bridgehead atoms. The van der Waals surface area contributed by atoms with Crippen LogP contribution in [0.2, 0.25) is 0 Å². The van der Waals surface area contributed by atoms with Crippen LogP contribution in [-0.2, 0) is 0 Å². The molecule has 1 unspecified atom stereocenters. The monoisotopic (exact) mass is 261 g/mol. The maximum absolute atomic E-state index is 11.8. The zero-order valence-electron chi connectivity index (χ0n) is 7.88. The quantitative estimate of drug-likeness (QED) is 0.907. The lowest BCUT2D eigenvalue weighted by atomic mass is 10.3. The molecule has 0 amide bonds. The van der Waals surface area contributed by atoms with Gasteiger partial charge in [0.15, 0.2) is 11.7 Å². The van der Waals surface area contributed by atoms with Crippen LogP contribution >= 0.6 is 23.7 Å². The fourth-order valence-corrected chi connectivity index (χ4v) is 1.62. The van der Waals surface area contributed by atoms with Crippen molar-refractivity contribution in [2.75, 3.05) is 6.61 Å². The molecule has 0 spiro atoms. The number of ether oxygens (including phenoxy) is 1. The van der Waals surface area contributed by atoms with Crippen LogP contribution < -0.4 is 10.5 Å². The first kappa shape index (κ1) is 14.5. The van der Waals surface area contributed by atoms with Crippen LogP contribution in [-0.4, -0.2) is 12.8 Å². The maximum Gasteiger partial charge on any atom is 0.422 e. The van der Waals surface area contributed by atoms with Gasteiger partial charge >= 0.3 is 6.18 Å². The number of alkyl halides is 3. The molecule has 0 radical (unpaired) electrons. The van der Waals surface area contributed by atoms with Gasteiger partial charge < -0.3 is 10.5 Å². The van der Waals surface area contributed by atoms with E-state index in [0.717, 1.165) is 16.2 Å². The number of rotatable bonds is 3. The summed E-state index contributed by atoms with van der Waals surface area (Å²) in [7, 11) is 0. The van der Waals surface area contributed by atoms with Crippen LogP contribution in [0.5, 0.6) is 5.06 Å². The first-order valence-electron chi connectivity index (χ1n) is 3.93. The average molecular weight is 262 g/mol. The largest absolute Gasteiger partial charge is 0.475 e. The van der Waals surface area contributed by atoms with Crippen LogP contribution in [0.15, 0.2) is 12.1 Å². The molecular formula is C8H11ClF3NOS. The van der Waals surface area contributed by atoms with E-state index in [2.05, 4.69) is 4.74 Å². The summed E-state index contributed by atoms with van der Waals surface area (Å²) in [5.41, 5.74) is 5.54. The van der Waals surface area contributed by atoms with Crippen molar-refractivity contribution in [3.05, 3.63) is 17.0 Å². The van der Waals surface area contributed by atoms with E-state index in [1.807, 2.05) is 0 Å². The summed E-state index contributed by atoms with van der Waals surface area (Å²) in [5, 5.41) is 0.245. The summed E-state index contributed by atoms with van der Waals surface area (Å²) < 4.78 is 39.8. The van der Waals surface area contributed by atoms with Gasteiger partial charge in [-0.05, 0) is 19.1 Å². The van der Waals surface area contributed by atoms with Gasteiger partial charge in [0.2, 0.25) is 0 Å². The summed E-state index contributed by atoms with van der Waals surface area (Å²) in [6, 6.07) is 2.99. The van der Waals surface area contributed by atoms with Crippen molar-refractivity contribution in [3.8, 4) is 5.06 Å². The van der Waals surface area contributed by atoms with E-state index in [0.29, 0.717) is 0 Å². The lowest BCUT2D eigenvalue weighted by Crippen LogP contribution is -2.18. The topological polar surface area (TPSA) is 35.2 Å². The fourth-order valence-electron chi connectivity index (χ4n) is 0.810. The third kappa shape index (κ3) is 5.25. The molecule has 7 heteroatoms. The van der Waals surface area contributed by atoms with Crippen molar-refractivity contribution in [1.82, 2.24) is 0 Å². The van der Waals surface area contributed by atoms with E-state index < -0.39 is 12.8 Å². The van der Waals surface area contributed by atoms with E-state index in [9.17, 15) is 13.2 Å². The predicted octanol–water partition coefficient (Wildman–Crippen LogP) is 3.13. The Bertz CT molecular complexity index is 300. The molecule has 0 aliphatic rings. The summed E-state index contributed by atoms with van der Waals surface area (Å²) in [6.07, 6.45) is -4.29. The van der Waals surface area contributed by atoms with Gasteiger partial charge in [-0.15, -0.1) is 23.7 Å². The molecule has 1 aromatic heterocycles. The minimum absolute atomic E-state index is 0. The molecule has 2 N–H and O–H groups in total. The van der Waals surface area contributed by atoms with Gasteiger partial charge in [0.1, 0.15) is 0 Å². The molecule has 2 nitrogen and oxygen atoms in total. The Morgan fingerprint density at radius 1 is 1.47 bits per heavy atom. The zero-order chi connectivity index (χ0) is 10.8. The smallest absolute Gasteiger partial charge is 0.422 e. The van der Waals surface area contributed by atoms with Crippen LogP contribution in [0.4, 0.5) is 13.2 Å². The molecule has 88 valence electrons. The number of hydrogen-bond acceptors (Lipinski definition) is 3. The molecule has 15 heavy (non-hydrogen) atoms. The number of halogens is 4. The standard InChI is InChI=1S/C8H10F3NOS.ClH/c1-5(12)6-2-3-7(14-6)13-4-8(9,10)11;/h2-3,5H,4,12H2,1H3;1H. The van der Waals surface area contributed by atoms with Crippen LogP contribution in [0.3, 0.4) is 0 Å². The van der Waals surface area contributed by atoms with Crippen molar-refractivity contribution < 1.29 is 17.9 Å². The zero-order valence-corrected chi connectivity index (χ0v) is 9.51. The van der Waals surface area contributed by atoms with Crippen molar-refractivity contribution in [1.29, 1.82) is 0 Å². The van der Waals surface area contributed by atoms with Gasteiger partial charge in [-0.3, -0.25) is 0 Å². The van der Waals surface area contributed by atoms with Crippen molar-refractivity contribution in [2.45, 2.75) is 19.1 Å². The molecule has 0 saturated carbocycles. The Hall–Kier alpha value is -0.460. The number of hydrogen-bond donors (Lipinski definition) is 1. The summed E-state index contributed by atoms with van der Waals surface area (Å²) in [4.78, 5) is 0.808. The molecule has 1 rings (SSSR count). The molecular weight excluding hydrogens is 251 g/mol. The highest BCUT2D eigenvalue weighted by atomic mass is 35.5. The van der Waals surface area contributed by atoms with Crippen molar-refractivity contribution >= 4 is 23.7 Å². The summed E-state index contributed by atoms with van der Waals surface area (Å²) in [6.45, 7) is 0.505. The second-order valence-electron chi connectivity index (χ2n) is 2.85. The Morgan fingerprint density at radius 2 is 2.07 bits per heavy atom. The highest BCUT2D eigenvalue weighted by molar-refractivity contribution is 7.13. The van der Waals surface area contributed by atoms with Gasteiger partial charge in [-0.25, -0.2) is 0 Å². The summed E-state index contributed by atoms with van der Waals surface area (Å²) >= 11 is 1.13. The first-order valence-corrected chi connectivity index (χ1v) is 4.75. The van der Waals surface area contributed by atoms with Gasteiger partial charge in [0.25, 0.3) is 0 Å². The van der Waals surface area contributed by atoms with Gasteiger partial charge in [-0.1, -0.05) is 0 Å². The third-order valence-corrected chi connectivity index (χ3v) is 2.63. The Morgan fingerprint density at radius 3 is 2.47 bits per heavy atom. The van der Waals surface area contributed by atoms with Gasteiger partial charge in [-0.2, -0.15) is 13.2 Å². The fraction of sp³-hybridized carbons (Fsp3) is 0.500. The SMILES string of the molecule is CC(N)c1ccc(OCC(F)(F)F)s1.Cl. The number of nitrogens with two attached hydrogens (primary N) is 1. The third-order valence-electron chi connectivity index (χ3n) is 1.43. The van der Waals surface area contributed by atoms with Crippen LogP contribution in [0.1, 0.15) is 17.8 Å². The average Bonchev–Trinajstić information content (AvgIpc) is 2.47. The highest BCUT2D eigenvalue weighted by Gasteiger charge is 2.28. The van der Waals surface area contributed by atoms with Crippen molar-refractivity contribution in [2.24, 2.45) is 5.73 Å². The molecule has 1 heterocycles.